The minimum absolute atomic E-state index is 0. The van der Waals surface area contributed by atoms with E-state index in [1.54, 1.807) is 18.2 Å². The lowest BCUT2D eigenvalue weighted by Crippen LogP contribution is -2.38. The van der Waals surface area contributed by atoms with E-state index in [0.717, 1.165) is 18.2 Å². The van der Waals surface area contributed by atoms with Gasteiger partial charge in [-0.2, -0.15) is 0 Å². The normalized spacial score (nSPS) is 10.9. The fourth-order valence-electron chi connectivity index (χ4n) is 2.43. The highest BCUT2D eigenvalue weighted by Gasteiger charge is 2.13. The number of aromatic nitrogens is 1. The van der Waals surface area contributed by atoms with Gasteiger partial charge in [0.1, 0.15) is 0 Å². The van der Waals surface area contributed by atoms with Crippen molar-refractivity contribution in [1.29, 1.82) is 0 Å². The quantitative estimate of drug-likeness (QED) is 0.238. The van der Waals surface area contributed by atoms with Crippen LogP contribution in [0.15, 0.2) is 47.6 Å². The monoisotopic (exact) mass is 457 g/mol. The maximum atomic E-state index is 11.1. The molecular formula is C17H24IN5O2. The van der Waals surface area contributed by atoms with E-state index in [-0.39, 0.29) is 41.1 Å². The van der Waals surface area contributed by atoms with Crippen LogP contribution in [0.4, 0.5) is 5.69 Å². The average molecular weight is 457 g/mol. The van der Waals surface area contributed by atoms with Gasteiger partial charge in [0, 0.05) is 38.6 Å². The van der Waals surface area contributed by atoms with Crippen molar-refractivity contribution in [2.75, 3.05) is 13.6 Å². The molecule has 8 heteroatoms. The molecular weight excluding hydrogens is 433 g/mol. The molecule has 0 unspecified atom stereocenters. The number of nitro groups is 1. The second kappa shape index (κ2) is 10.0. The molecule has 0 aliphatic rings. The molecule has 2 rings (SSSR count). The Morgan fingerprint density at radius 1 is 1.32 bits per heavy atom. The Kier molecular flexibility index (Phi) is 8.39. The lowest BCUT2D eigenvalue weighted by molar-refractivity contribution is -0.385. The minimum Gasteiger partial charge on any atom is -0.357 e. The van der Waals surface area contributed by atoms with Crippen molar-refractivity contribution in [2.24, 2.45) is 12.0 Å². The molecule has 0 radical (unpaired) electrons. The predicted molar refractivity (Wildman–Crippen MR) is 110 cm³/mol. The molecule has 0 saturated carbocycles. The molecule has 25 heavy (non-hydrogen) atoms. The van der Waals surface area contributed by atoms with Gasteiger partial charge in [-0.15, -0.1) is 24.0 Å². The molecule has 0 atom stereocenters. The Balaban J connectivity index is 0.00000312. The Hall–Kier alpha value is -2.10. The van der Waals surface area contributed by atoms with Gasteiger partial charge in [0.25, 0.3) is 5.69 Å². The van der Waals surface area contributed by atoms with Crippen molar-refractivity contribution in [3.05, 3.63) is 64.0 Å². The third-order valence-electron chi connectivity index (χ3n) is 3.73. The zero-order chi connectivity index (χ0) is 17.5. The molecule has 1 aromatic heterocycles. The third kappa shape index (κ3) is 5.73. The summed E-state index contributed by atoms with van der Waals surface area (Å²) in [5.74, 6) is 0.719. The summed E-state index contributed by atoms with van der Waals surface area (Å²) in [6, 6.07) is 10.8. The molecule has 2 aromatic rings. The van der Waals surface area contributed by atoms with E-state index in [2.05, 4.69) is 20.9 Å². The molecule has 0 fully saturated rings. The Labute approximate surface area is 164 Å². The van der Waals surface area contributed by atoms with Gasteiger partial charge in [0.2, 0.25) is 0 Å². The predicted octanol–water partition coefficient (Wildman–Crippen LogP) is 3.15. The van der Waals surface area contributed by atoms with Crippen LogP contribution in [-0.4, -0.2) is 33.9 Å². The van der Waals surface area contributed by atoms with E-state index in [0.29, 0.717) is 12.1 Å². The van der Waals surface area contributed by atoms with Gasteiger partial charge >= 0.3 is 0 Å². The standard InChI is InChI=1S/C17H23N5O2.HI/c1-4-18-17(21(3)13-15-9-7-11-20(15)2)19-12-14-8-5-6-10-16(14)22(23)24;/h5-11H,4,12-13H2,1-3H3,(H,18,19);1H. The van der Waals surface area contributed by atoms with Gasteiger partial charge in [0.05, 0.1) is 23.6 Å². The number of hydrogen-bond acceptors (Lipinski definition) is 3. The second-order valence-electron chi connectivity index (χ2n) is 5.52. The average Bonchev–Trinajstić information content (AvgIpc) is 2.96. The lowest BCUT2D eigenvalue weighted by Gasteiger charge is -2.22. The topological polar surface area (TPSA) is 75.7 Å². The first-order chi connectivity index (χ1) is 11.5. The van der Waals surface area contributed by atoms with Gasteiger partial charge in [-0.05, 0) is 19.1 Å². The number of nitrogens with one attached hydrogen (secondary N) is 1. The number of rotatable bonds is 6. The smallest absolute Gasteiger partial charge is 0.274 e. The van der Waals surface area contributed by atoms with Crippen LogP contribution in [0.5, 0.6) is 0 Å². The summed E-state index contributed by atoms with van der Waals surface area (Å²) in [5.41, 5.74) is 1.86. The van der Waals surface area contributed by atoms with Crippen LogP contribution >= 0.6 is 24.0 Å². The zero-order valence-corrected chi connectivity index (χ0v) is 17.0. The highest BCUT2D eigenvalue weighted by Crippen LogP contribution is 2.18. The van der Waals surface area contributed by atoms with Gasteiger partial charge in [-0.1, -0.05) is 18.2 Å². The summed E-state index contributed by atoms with van der Waals surface area (Å²) in [6.07, 6.45) is 2.00. The first-order valence-electron chi connectivity index (χ1n) is 7.85. The summed E-state index contributed by atoms with van der Waals surface area (Å²) < 4.78 is 2.06. The molecule has 1 N–H and O–H groups in total. The Morgan fingerprint density at radius 3 is 2.64 bits per heavy atom. The molecule has 1 heterocycles. The van der Waals surface area contributed by atoms with Crippen LogP contribution in [-0.2, 0) is 20.1 Å². The summed E-state index contributed by atoms with van der Waals surface area (Å²) in [6.45, 7) is 3.69. The molecule has 0 spiro atoms. The summed E-state index contributed by atoms with van der Waals surface area (Å²) in [5, 5.41) is 14.3. The molecule has 1 aromatic carbocycles. The van der Waals surface area contributed by atoms with Crippen molar-refractivity contribution in [3.63, 3.8) is 0 Å². The third-order valence-corrected chi connectivity index (χ3v) is 3.73. The van der Waals surface area contributed by atoms with Crippen LogP contribution in [0.1, 0.15) is 18.2 Å². The van der Waals surface area contributed by atoms with E-state index in [4.69, 9.17) is 0 Å². The van der Waals surface area contributed by atoms with Crippen molar-refractivity contribution in [3.8, 4) is 0 Å². The molecule has 7 nitrogen and oxygen atoms in total. The maximum Gasteiger partial charge on any atom is 0.274 e. The van der Waals surface area contributed by atoms with Gasteiger partial charge < -0.3 is 14.8 Å². The second-order valence-corrected chi connectivity index (χ2v) is 5.52. The Bertz CT molecular complexity index is 729. The van der Waals surface area contributed by atoms with Crippen molar-refractivity contribution < 1.29 is 4.92 Å². The van der Waals surface area contributed by atoms with E-state index in [1.165, 1.54) is 6.07 Å². The van der Waals surface area contributed by atoms with E-state index in [9.17, 15) is 10.1 Å². The maximum absolute atomic E-state index is 11.1. The molecule has 0 amide bonds. The number of nitrogens with zero attached hydrogens (tertiary/aromatic N) is 4. The minimum atomic E-state index is -0.370. The van der Waals surface area contributed by atoms with Crippen molar-refractivity contribution >= 4 is 35.6 Å². The number of hydrogen-bond donors (Lipinski definition) is 1. The number of nitro benzene ring substituents is 1. The van der Waals surface area contributed by atoms with E-state index >= 15 is 0 Å². The van der Waals surface area contributed by atoms with Crippen LogP contribution in [0.2, 0.25) is 0 Å². The molecule has 136 valence electrons. The fraction of sp³-hybridized carbons (Fsp3) is 0.353. The van der Waals surface area contributed by atoms with Gasteiger partial charge in [-0.25, -0.2) is 4.99 Å². The highest BCUT2D eigenvalue weighted by atomic mass is 127. The number of guanidine groups is 1. The SMILES string of the molecule is CCNC(=NCc1ccccc1[N+](=O)[O-])N(C)Cc1cccn1C.I. The number of aliphatic imine (C=N–C) groups is 1. The number of aryl methyl sites for hydroxylation is 1. The summed E-state index contributed by atoms with van der Waals surface area (Å²) in [7, 11) is 3.95. The first kappa shape index (κ1) is 20.9. The zero-order valence-electron chi connectivity index (χ0n) is 14.7. The van der Waals surface area contributed by atoms with Gasteiger partial charge in [-0.3, -0.25) is 10.1 Å². The van der Waals surface area contributed by atoms with Crippen LogP contribution < -0.4 is 5.32 Å². The van der Waals surface area contributed by atoms with Crippen LogP contribution in [0, 0.1) is 10.1 Å². The van der Waals surface area contributed by atoms with Gasteiger partial charge in [0.15, 0.2) is 5.96 Å². The number of halogens is 1. The van der Waals surface area contributed by atoms with Crippen LogP contribution in [0.25, 0.3) is 0 Å². The lowest BCUT2D eigenvalue weighted by atomic mass is 10.2. The van der Waals surface area contributed by atoms with Crippen molar-refractivity contribution in [1.82, 2.24) is 14.8 Å². The summed E-state index contributed by atoms with van der Waals surface area (Å²) >= 11 is 0. The summed E-state index contributed by atoms with van der Waals surface area (Å²) in [4.78, 5) is 17.3. The van der Waals surface area contributed by atoms with Crippen molar-refractivity contribution in [2.45, 2.75) is 20.0 Å². The largest absolute Gasteiger partial charge is 0.357 e. The number of para-hydroxylation sites is 1. The van der Waals surface area contributed by atoms with Crippen LogP contribution in [0.3, 0.4) is 0 Å². The molecule has 0 bridgehead atoms. The highest BCUT2D eigenvalue weighted by molar-refractivity contribution is 14.0. The fourth-order valence-corrected chi connectivity index (χ4v) is 2.43. The number of benzene rings is 1. The van der Waals surface area contributed by atoms with E-state index < -0.39 is 0 Å². The first-order valence-corrected chi connectivity index (χ1v) is 7.85. The molecule has 0 aliphatic heterocycles. The molecule has 0 saturated heterocycles. The Morgan fingerprint density at radius 2 is 2.04 bits per heavy atom. The van der Waals surface area contributed by atoms with E-state index in [1.807, 2.05) is 38.2 Å². The molecule has 0 aliphatic carbocycles.